The second-order valence-electron chi connectivity index (χ2n) is 5.00. The van der Waals surface area contributed by atoms with Gasteiger partial charge in [0.2, 0.25) is 0 Å². The molecule has 0 bridgehead atoms. The van der Waals surface area contributed by atoms with E-state index in [4.69, 9.17) is 4.74 Å². The van der Waals surface area contributed by atoms with Crippen molar-refractivity contribution in [3.8, 4) is 5.75 Å². The van der Waals surface area contributed by atoms with Crippen molar-refractivity contribution in [3.05, 3.63) is 70.3 Å². The Bertz CT molecular complexity index is 666. The smallest absolute Gasteiger partial charge is 0.319 e. The van der Waals surface area contributed by atoms with Gasteiger partial charge in [0.15, 0.2) is 0 Å². The van der Waals surface area contributed by atoms with E-state index in [1.807, 2.05) is 61.5 Å². The Morgan fingerprint density at radius 1 is 1.13 bits per heavy atom. The zero-order valence-corrected chi connectivity index (χ0v) is 14.6. The van der Waals surface area contributed by atoms with E-state index in [-0.39, 0.29) is 12.1 Å². The highest BCUT2D eigenvalue weighted by Crippen LogP contribution is 2.17. The number of amides is 2. The largest absolute Gasteiger partial charge is 0.497 e. The second kappa shape index (κ2) is 8.39. The molecule has 5 heteroatoms. The molecule has 2 aromatic carbocycles. The van der Waals surface area contributed by atoms with Crippen LogP contribution in [0.5, 0.6) is 5.75 Å². The summed E-state index contributed by atoms with van der Waals surface area (Å²) in [7, 11) is 1.63. The number of urea groups is 1. The number of nitrogens with one attached hydrogen (secondary N) is 2. The predicted octanol–water partition coefficient (Wildman–Crippen LogP) is 4.49. The maximum Gasteiger partial charge on any atom is 0.319 e. The molecular formula is C18H19BrN2O2. The van der Waals surface area contributed by atoms with Crippen LogP contribution in [0.15, 0.2) is 59.2 Å². The van der Waals surface area contributed by atoms with Gasteiger partial charge in [0.25, 0.3) is 0 Å². The first-order valence-corrected chi connectivity index (χ1v) is 8.01. The summed E-state index contributed by atoms with van der Waals surface area (Å²) in [5.74, 6) is 0.794. The molecule has 1 unspecified atom stereocenters. The normalized spacial score (nSPS) is 12.0. The number of benzene rings is 2. The summed E-state index contributed by atoms with van der Waals surface area (Å²) in [6.07, 6.45) is 3.46. The van der Waals surface area contributed by atoms with Crippen LogP contribution < -0.4 is 15.4 Å². The van der Waals surface area contributed by atoms with Crippen molar-refractivity contribution < 1.29 is 9.53 Å². The van der Waals surface area contributed by atoms with Gasteiger partial charge in [-0.05, 0) is 48.4 Å². The fourth-order valence-corrected chi connectivity index (χ4v) is 2.27. The summed E-state index contributed by atoms with van der Waals surface area (Å²) in [5.41, 5.74) is 2.02. The van der Waals surface area contributed by atoms with Crippen LogP contribution in [0, 0.1) is 0 Å². The van der Waals surface area contributed by atoms with Gasteiger partial charge in [0.1, 0.15) is 5.75 Å². The quantitative estimate of drug-likeness (QED) is 0.809. The highest BCUT2D eigenvalue weighted by atomic mass is 79.9. The summed E-state index contributed by atoms with van der Waals surface area (Å²) in [6, 6.07) is 15.1. The van der Waals surface area contributed by atoms with Crippen LogP contribution in [0.3, 0.4) is 0 Å². The number of ether oxygens (including phenoxy) is 1. The van der Waals surface area contributed by atoms with E-state index < -0.39 is 0 Å². The Balaban J connectivity index is 1.84. The molecule has 0 saturated carbocycles. The van der Waals surface area contributed by atoms with Crippen molar-refractivity contribution in [1.29, 1.82) is 0 Å². The van der Waals surface area contributed by atoms with Crippen molar-refractivity contribution in [2.75, 3.05) is 7.11 Å². The molecule has 0 aromatic heterocycles. The van der Waals surface area contributed by atoms with Gasteiger partial charge in [0.05, 0.1) is 13.2 Å². The fraction of sp³-hybridized carbons (Fsp3) is 0.167. The molecule has 0 fully saturated rings. The molecule has 4 nitrogen and oxygen atoms in total. The number of carbonyl (C=O) groups excluding carboxylic acids is 1. The van der Waals surface area contributed by atoms with Crippen LogP contribution in [-0.4, -0.2) is 13.1 Å². The highest BCUT2D eigenvalue weighted by molar-refractivity contribution is 9.10. The molecule has 120 valence electrons. The number of rotatable bonds is 5. The monoisotopic (exact) mass is 374 g/mol. The predicted molar refractivity (Wildman–Crippen MR) is 96.3 cm³/mol. The molecule has 2 aromatic rings. The second-order valence-corrected chi connectivity index (χ2v) is 5.91. The molecule has 0 aliphatic rings. The van der Waals surface area contributed by atoms with E-state index in [1.165, 1.54) is 0 Å². The lowest BCUT2D eigenvalue weighted by molar-refractivity contribution is 0.241. The minimum absolute atomic E-state index is 0.0954. The molecule has 0 aliphatic carbocycles. The first-order chi connectivity index (χ1) is 11.1. The first-order valence-electron chi connectivity index (χ1n) is 7.21. The number of hydrogen-bond donors (Lipinski definition) is 2. The minimum atomic E-state index is -0.248. The lowest BCUT2D eigenvalue weighted by Crippen LogP contribution is -2.34. The van der Waals surface area contributed by atoms with Gasteiger partial charge in [-0.15, -0.1) is 0 Å². The maximum atomic E-state index is 11.9. The molecule has 2 N–H and O–H groups in total. The molecular weight excluding hydrogens is 356 g/mol. The zero-order chi connectivity index (χ0) is 16.7. The van der Waals surface area contributed by atoms with Crippen molar-refractivity contribution in [2.24, 2.45) is 0 Å². The molecule has 0 heterocycles. The molecule has 2 amide bonds. The Hall–Kier alpha value is -2.27. The van der Waals surface area contributed by atoms with E-state index in [2.05, 4.69) is 26.6 Å². The number of halogens is 1. The van der Waals surface area contributed by atoms with E-state index in [0.717, 1.165) is 21.3 Å². The Labute approximate surface area is 144 Å². The zero-order valence-electron chi connectivity index (χ0n) is 13.0. The Morgan fingerprint density at radius 2 is 1.78 bits per heavy atom. The van der Waals surface area contributed by atoms with Crippen LogP contribution in [0.4, 0.5) is 4.79 Å². The third kappa shape index (κ3) is 5.45. The fourth-order valence-electron chi connectivity index (χ4n) is 2.00. The first kappa shape index (κ1) is 17.1. The average Bonchev–Trinajstić information content (AvgIpc) is 2.56. The van der Waals surface area contributed by atoms with Crippen LogP contribution in [0.1, 0.15) is 24.1 Å². The lowest BCUT2D eigenvalue weighted by atomic mass is 10.1. The van der Waals surface area contributed by atoms with Gasteiger partial charge < -0.3 is 15.4 Å². The number of carbonyl (C=O) groups is 1. The van der Waals surface area contributed by atoms with Crippen LogP contribution >= 0.6 is 15.9 Å². The Morgan fingerprint density at radius 3 is 2.39 bits per heavy atom. The number of methoxy groups -OCH3 is 1. The molecule has 0 saturated heterocycles. The van der Waals surface area contributed by atoms with E-state index in [0.29, 0.717) is 0 Å². The van der Waals surface area contributed by atoms with Crippen LogP contribution in [0.25, 0.3) is 6.08 Å². The topological polar surface area (TPSA) is 50.4 Å². The molecule has 23 heavy (non-hydrogen) atoms. The van der Waals surface area contributed by atoms with Gasteiger partial charge in [-0.3, -0.25) is 0 Å². The van der Waals surface area contributed by atoms with Crippen molar-refractivity contribution in [3.63, 3.8) is 0 Å². The SMILES string of the molecule is COc1ccc(C(C)NC(=O)N/C=C/c2ccc(Br)cc2)cc1. The summed E-state index contributed by atoms with van der Waals surface area (Å²) < 4.78 is 6.14. The summed E-state index contributed by atoms with van der Waals surface area (Å²) in [6.45, 7) is 1.93. The van der Waals surface area contributed by atoms with Gasteiger partial charge in [0, 0.05) is 10.7 Å². The van der Waals surface area contributed by atoms with Crippen molar-refractivity contribution in [2.45, 2.75) is 13.0 Å². The molecule has 1 atom stereocenters. The van der Waals surface area contributed by atoms with Crippen molar-refractivity contribution in [1.82, 2.24) is 10.6 Å². The van der Waals surface area contributed by atoms with E-state index in [9.17, 15) is 4.79 Å². The van der Waals surface area contributed by atoms with Crippen LogP contribution in [0.2, 0.25) is 0 Å². The average molecular weight is 375 g/mol. The standard InChI is InChI=1S/C18H19BrN2O2/c1-13(15-5-9-17(23-2)10-6-15)21-18(22)20-12-11-14-3-7-16(19)8-4-14/h3-13H,1-2H3,(H2,20,21,22)/b12-11+. The molecule has 0 aliphatic heterocycles. The molecule has 0 spiro atoms. The molecule has 0 radical (unpaired) electrons. The van der Waals surface area contributed by atoms with Gasteiger partial charge in [-0.2, -0.15) is 0 Å². The van der Waals surface area contributed by atoms with Gasteiger partial charge in [-0.25, -0.2) is 4.79 Å². The van der Waals surface area contributed by atoms with E-state index >= 15 is 0 Å². The lowest BCUT2D eigenvalue weighted by Gasteiger charge is -2.14. The summed E-state index contributed by atoms with van der Waals surface area (Å²) in [4.78, 5) is 11.9. The third-order valence-corrected chi connectivity index (χ3v) is 3.85. The minimum Gasteiger partial charge on any atom is -0.497 e. The summed E-state index contributed by atoms with van der Waals surface area (Å²) >= 11 is 3.38. The Kier molecular flexibility index (Phi) is 6.23. The highest BCUT2D eigenvalue weighted by Gasteiger charge is 2.08. The van der Waals surface area contributed by atoms with Gasteiger partial charge in [-0.1, -0.05) is 40.2 Å². The van der Waals surface area contributed by atoms with Gasteiger partial charge >= 0.3 is 6.03 Å². The van der Waals surface area contributed by atoms with Crippen LogP contribution in [-0.2, 0) is 0 Å². The summed E-state index contributed by atoms with van der Waals surface area (Å²) in [5, 5.41) is 5.58. The molecule has 2 rings (SSSR count). The third-order valence-electron chi connectivity index (χ3n) is 3.32. The number of hydrogen-bond acceptors (Lipinski definition) is 2. The maximum absolute atomic E-state index is 11.9. The van der Waals surface area contributed by atoms with E-state index in [1.54, 1.807) is 13.3 Å². The van der Waals surface area contributed by atoms with Crippen molar-refractivity contribution >= 4 is 28.0 Å².